The molecule has 86 valence electrons. The van der Waals surface area contributed by atoms with Crippen LogP contribution in [0.4, 0.5) is 0 Å². The van der Waals surface area contributed by atoms with Crippen molar-refractivity contribution in [3.63, 3.8) is 0 Å². The van der Waals surface area contributed by atoms with Gasteiger partial charge >= 0.3 is 0 Å². The molecule has 0 saturated heterocycles. The number of carbonyl (C=O) groups excluding carboxylic acids is 2. The molecule has 1 fully saturated rings. The van der Waals surface area contributed by atoms with Gasteiger partial charge < -0.3 is 4.90 Å². The second-order valence-electron chi connectivity index (χ2n) is 4.32. The highest BCUT2D eigenvalue weighted by molar-refractivity contribution is 6.37. The summed E-state index contributed by atoms with van der Waals surface area (Å²) >= 11 is 0. The second-order valence-corrected chi connectivity index (χ2v) is 4.32. The minimum absolute atomic E-state index is 0.436. The normalized spacial score (nSPS) is 18.1. The van der Waals surface area contributed by atoms with Gasteiger partial charge in [0.15, 0.2) is 0 Å². The Bertz CT molecular complexity index is 249. The van der Waals surface area contributed by atoms with Crippen molar-refractivity contribution in [3.8, 4) is 0 Å². The van der Waals surface area contributed by atoms with Crippen molar-refractivity contribution in [2.24, 2.45) is 11.8 Å². The molecule has 1 atom stereocenters. The molecule has 1 rings (SSSR count). The van der Waals surface area contributed by atoms with E-state index in [-0.39, 0.29) is 0 Å². The molecule has 1 unspecified atom stereocenters. The van der Waals surface area contributed by atoms with Crippen molar-refractivity contribution < 1.29 is 9.59 Å². The van der Waals surface area contributed by atoms with Crippen LogP contribution in [0.1, 0.15) is 25.7 Å². The smallest absolute Gasteiger partial charge is 0.291 e. The van der Waals surface area contributed by atoms with E-state index in [1.807, 2.05) is 0 Å². The SMILES string of the molecule is CN(C)C(=O)C(=O)C(CC1CCC1)NN. The molecule has 0 aliphatic heterocycles. The standard InChI is InChI=1S/C10H19N3O2/c1-13(2)10(15)9(14)8(12-11)6-7-4-3-5-7/h7-8,12H,3-6,11H2,1-2H3. The third-order valence-corrected chi connectivity index (χ3v) is 2.93. The first kappa shape index (κ1) is 12.1. The second kappa shape index (κ2) is 5.23. The summed E-state index contributed by atoms with van der Waals surface area (Å²) in [6.45, 7) is 0. The number of ketones is 1. The lowest BCUT2D eigenvalue weighted by Crippen LogP contribution is -2.49. The van der Waals surface area contributed by atoms with Crippen molar-refractivity contribution in [1.29, 1.82) is 0 Å². The van der Waals surface area contributed by atoms with Crippen molar-refractivity contribution in [3.05, 3.63) is 0 Å². The van der Waals surface area contributed by atoms with Crippen molar-refractivity contribution >= 4 is 11.7 Å². The Morgan fingerprint density at radius 3 is 2.40 bits per heavy atom. The van der Waals surface area contributed by atoms with Crippen molar-refractivity contribution in [1.82, 2.24) is 10.3 Å². The Kier molecular flexibility index (Phi) is 4.23. The first-order valence-corrected chi connectivity index (χ1v) is 5.28. The van der Waals surface area contributed by atoms with Gasteiger partial charge in [-0.05, 0) is 12.3 Å². The Hall–Kier alpha value is -0.940. The van der Waals surface area contributed by atoms with Crippen LogP contribution in [-0.2, 0) is 9.59 Å². The van der Waals surface area contributed by atoms with Crippen LogP contribution in [0.5, 0.6) is 0 Å². The van der Waals surface area contributed by atoms with E-state index in [9.17, 15) is 9.59 Å². The summed E-state index contributed by atoms with van der Waals surface area (Å²) in [7, 11) is 3.13. The zero-order chi connectivity index (χ0) is 11.4. The predicted molar refractivity (Wildman–Crippen MR) is 56.8 cm³/mol. The fourth-order valence-electron chi connectivity index (χ4n) is 1.68. The first-order chi connectivity index (χ1) is 7.06. The van der Waals surface area contributed by atoms with Crippen molar-refractivity contribution in [2.45, 2.75) is 31.7 Å². The summed E-state index contributed by atoms with van der Waals surface area (Å²) in [5.74, 6) is 4.92. The van der Waals surface area contributed by atoms with E-state index in [2.05, 4.69) is 5.43 Å². The molecule has 3 N–H and O–H groups in total. The number of Topliss-reactive ketones (excluding diaryl/α,β-unsaturated/α-hetero) is 1. The number of nitrogens with one attached hydrogen (secondary N) is 1. The number of amides is 1. The molecule has 0 aromatic carbocycles. The lowest BCUT2D eigenvalue weighted by molar-refractivity contribution is -0.144. The molecule has 1 aliphatic rings. The van der Waals surface area contributed by atoms with Gasteiger partial charge in [0, 0.05) is 14.1 Å². The van der Waals surface area contributed by atoms with Gasteiger partial charge in [-0.3, -0.25) is 15.4 Å². The van der Waals surface area contributed by atoms with Crippen LogP contribution < -0.4 is 11.3 Å². The number of hydrogen-bond donors (Lipinski definition) is 2. The molecule has 1 amide bonds. The van der Waals surface area contributed by atoms with E-state index in [0.717, 1.165) is 12.8 Å². The van der Waals surface area contributed by atoms with Gasteiger partial charge in [0.05, 0.1) is 6.04 Å². The first-order valence-electron chi connectivity index (χ1n) is 5.28. The number of hydrogen-bond acceptors (Lipinski definition) is 4. The van der Waals surface area contributed by atoms with Gasteiger partial charge in [-0.1, -0.05) is 19.3 Å². The highest BCUT2D eigenvalue weighted by Crippen LogP contribution is 2.30. The van der Waals surface area contributed by atoms with E-state index < -0.39 is 17.7 Å². The van der Waals surface area contributed by atoms with Gasteiger partial charge in [-0.15, -0.1) is 0 Å². The van der Waals surface area contributed by atoms with Crippen LogP contribution in [0.2, 0.25) is 0 Å². The monoisotopic (exact) mass is 213 g/mol. The number of nitrogens with two attached hydrogens (primary N) is 1. The molecule has 15 heavy (non-hydrogen) atoms. The number of nitrogens with zero attached hydrogens (tertiary/aromatic N) is 1. The summed E-state index contributed by atoms with van der Waals surface area (Å²) < 4.78 is 0. The highest BCUT2D eigenvalue weighted by Gasteiger charge is 2.30. The van der Waals surface area contributed by atoms with Crippen LogP contribution in [0, 0.1) is 5.92 Å². The molecule has 5 nitrogen and oxygen atoms in total. The van der Waals surface area contributed by atoms with Crippen LogP contribution in [0.3, 0.4) is 0 Å². The molecule has 0 heterocycles. The molecule has 0 aromatic rings. The minimum atomic E-state index is -0.523. The highest BCUT2D eigenvalue weighted by atomic mass is 16.2. The number of hydrazine groups is 1. The molecule has 0 aromatic heterocycles. The average molecular weight is 213 g/mol. The Balaban J connectivity index is 2.49. The molecule has 0 spiro atoms. The quantitative estimate of drug-likeness (QED) is 0.372. The van der Waals surface area contributed by atoms with E-state index in [0.29, 0.717) is 12.3 Å². The van der Waals surface area contributed by atoms with Gasteiger partial charge in [-0.2, -0.15) is 0 Å². The van der Waals surface area contributed by atoms with Gasteiger partial charge in [-0.25, -0.2) is 5.43 Å². The molecule has 1 saturated carbocycles. The number of carbonyl (C=O) groups is 2. The fourth-order valence-corrected chi connectivity index (χ4v) is 1.68. The molecular formula is C10H19N3O2. The zero-order valence-corrected chi connectivity index (χ0v) is 9.32. The number of rotatable bonds is 5. The maximum absolute atomic E-state index is 11.7. The molecule has 5 heteroatoms. The third kappa shape index (κ3) is 3.00. The van der Waals surface area contributed by atoms with Crippen LogP contribution in [0.15, 0.2) is 0 Å². The van der Waals surface area contributed by atoms with Crippen molar-refractivity contribution in [2.75, 3.05) is 14.1 Å². The molecule has 0 bridgehead atoms. The number of likely N-dealkylation sites (N-methyl/N-ethyl adjacent to an activating group) is 1. The lowest BCUT2D eigenvalue weighted by atomic mass is 9.80. The van der Waals surface area contributed by atoms with E-state index in [1.165, 1.54) is 11.3 Å². The third-order valence-electron chi connectivity index (χ3n) is 2.93. The minimum Gasteiger partial charge on any atom is -0.342 e. The Morgan fingerprint density at radius 2 is 2.07 bits per heavy atom. The summed E-state index contributed by atoms with van der Waals surface area (Å²) in [4.78, 5) is 24.4. The lowest BCUT2D eigenvalue weighted by Gasteiger charge is -2.28. The largest absolute Gasteiger partial charge is 0.342 e. The topological polar surface area (TPSA) is 75.4 Å². The van der Waals surface area contributed by atoms with E-state index >= 15 is 0 Å². The predicted octanol–water partition coefficient (Wildman–Crippen LogP) is -0.334. The summed E-state index contributed by atoms with van der Waals surface area (Å²) in [5.41, 5.74) is 2.44. The summed E-state index contributed by atoms with van der Waals surface area (Å²) in [6, 6.07) is -0.523. The van der Waals surface area contributed by atoms with E-state index in [4.69, 9.17) is 5.84 Å². The Morgan fingerprint density at radius 1 is 1.47 bits per heavy atom. The molecular weight excluding hydrogens is 194 g/mol. The van der Waals surface area contributed by atoms with Crippen LogP contribution >= 0.6 is 0 Å². The summed E-state index contributed by atoms with van der Waals surface area (Å²) in [5, 5.41) is 0. The molecule has 0 radical (unpaired) electrons. The summed E-state index contributed by atoms with van der Waals surface area (Å²) in [6.07, 6.45) is 4.18. The van der Waals surface area contributed by atoms with Gasteiger partial charge in [0.25, 0.3) is 5.91 Å². The zero-order valence-electron chi connectivity index (χ0n) is 9.32. The van der Waals surface area contributed by atoms with Crippen LogP contribution in [-0.4, -0.2) is 36.7 Å². The maximum atomic E-state index is 11.7. The fraction of sp³-hybridized carbons (Fsp3) is 0.800. The van der Waals surface area contributed by atoms with Crippen LogP contribution in [0.25, 0.3) is 0 Å². The van der Waals surface area contributed by atoms with Gasteiger partial charge in [0.1, 0.15) is 0 Å². The maximum Gasteiger partial charge on any atom is 0.291 e. The van der Waals surface area contributed by atoms with E-state index in [1.54, 1.807) is 14.1 Å². The Labute approximate surface area is 90.0 Å². The van der Waals surface area contributed by atoms with Gasteiger partial charge in [0.2, 0.25) is 5.78 Å². The molecule has 1 aliphatic carbocycles. The average Bonchev–Trinajstić information content (AvgIpc) is 2.14.